The second kappa shape index (κ2) is 8.73. The Hall–Kier alpha value is -3.41. The van der Waals surface area contributed by atoms with Gasteiger partial charge in [-0.2, -0.15) is 5.10 Å². The number of rotatable bonds is 6. The summed E-state index contributed by atoms with van der Waals surface area (Å²) < 4.78 is 19.9. The smallest absolute Gasteiger partial charge is 0.414 e. The van der Waals surface area contributed by atoms with E-state index in [4.69, 9.17) is 10.6 Å². The van der Waals surface area contributed by atoms with Crippen LogP contribution in [0.5, 0.6) is 0 Å². The fourth-order valence-corrected chi connectivity index (χ4v) is 2.90. The number of nitrogens with two attached hydrogens (primary N) is 1. The maximum atomic E-state index is 14.6. The Morgan fingerprint density at radius 3 is 2.90 bits per heavy atom. The van der Waals surface area contributed by atoms with Crippen molar-refractivity contribution in [2.24, 2.45) is 10.9 Å². The Morgan fingerprint density at radius 2 is 2.28 bits per heavy atom. The lowest BCUT2D eigenvalue weighted by Crippen LogP contribution is -2.47. The molecule has 3 N–H and O–H groups in total. The molecule has 0 aliphatic carbocycles. The zero-order valence-electron chi connectivity index (χ0n) is 15.8. The Labute approximate surface area is 166 Å². The second-order valence-corrected chi connectivity index (χ2v) is 6.42. The molecule has 0 radical (unpaired) electrons. The number of carbonyl (C=O) groups excluding carboxylic acids is 3. The molecule has 1 saturated heterocycles. The molecule has 2 heterocycles. The summed E-state index contributed by atoms with van der Waals surface area (Å²) >= 11 is 0. The number of carbonyl (C=O) groups is 3. The summed E-state index contributed by atoms with van der Waals surface area (Å²) in [5.74, 6) is 4.94. The number of nitrogens with one attached hydrogen (secondary N) is 1. The van der Waals surface area contributed by atoms with Crippen LogP contribution in [0.25, 0.3) is 0 Å². The van der Waals surface area contributed by atoms with E-state index in [1.54, 1.807) is 17.9 Å². The first kappa shape index (κ1) is 20.3. The Bertz CT molecular complexity index is 821. The quantitative estimate of drug-likeness (QED) is 0.302. The largest absolute Gasteiger partial charge is 0.442 e. The monoisotopic (exact) mass is 407 g/mol. The summed E-state index contributed by atoms with van der Waals surface area (Å²) in [4.78, 5) is 37.4. The van der Waals surface area contributed by atoms with Crippen LogP contribution >= 0.6 is 0 Å². The van der Waals surface area contributed by atoms with Crippen molar-refractivity contribution < 1.29 is 23.5 Å². The summed E-state index contributed by atoms with van der Waals surface area (Å²) in [6, 6.07) is 3.88. The third kappa shape index (κ3) is 4.54. The molecule has 0 unspecified atom stereocenters. The van der Waals surface area contributed by atoms with Gasteiger partial charge in [-0.25, -0.2) is 24.8 Å². The van der Waals surface area contributed by atoms with Gasteiger partial charge in [-0.1, -0.05) is 0 Å². The average Bonchev–Trinajstić information content (AvgIpc) is 3.12. The fourth-order valence-electron chi connectivity index (χ4n) is 2.90. The number of hydrazone groups is 1. The summed E-state index contributed by atoms with van der Waals surface area (Å²) in [6.07, 6.45) is 0.759. The van der Waals surface area contributed by atoms with Crippen LogP contribution in [0.15, 0.2) is 23.3 Å². The van der Waals surface area contributed by atoms with Gasteiger partial charge in [0.2, 0.25) is 6.41 Å². The summed E-state index contributed by atoms with van der Waals surface area (Å²) in [5.41, 5.74) is 0.615. The van der Waals surface area contributed by atoms with Gasteiger partial charge >= 0.3 is 12.1 Å². The normalized spacial score (nSPS) is 18.7. The highest BCUT2D eigenvalue weighted by Crippen LogP contribution is 2.28. The lowest BCUT2D eigenvalue weighted by Gasteiger charge is -2.27. The molecule has 0 saturated carbocycles. The number of nitrogens with zero attached hydrogens (tertiary/aromatic N) is 5. The lowest BCUT2D eigenvalue weighted by atomic mass is 10.2. The molecule has 2 aliphatic rings. The van der Waals surface area contributed by atoms with Crippen LogP contribution in [-0.4, -0.2) is 73.7 Å². The number of cyclic esters (lactones) is 1. The highest BCUT2D eigenvalue weighted by atomic mass is 19.1. The van der Waals surface area contributed by atoms with Crippen molar-refractivity contribution in [3.8, 4) is 0 Å². The lowest BCUT2D eigenvalue weighted by molar-refractivity contribution is -0.118. The van der Waals surface area contributed by atoms with Crippen LogP contribution in [0.1, 0.15) is 6.92 Å². The minimum Gasteiger partial charge on any atom is -0.442 e. The van der Waals surface area contributed by atoms with E-state index in [0.29, 0.717) is 31.7 Å². The van der Waals surface area contributed by atoms with Crippen molar-refractivity contribution in [2.45, 2.75) is 13.0 Å². The number of hydrogen-bond acceptors (Lipinski definition) is 7. The van der Waals surface area contributed by atoms with Gasteiger partial charge in [-0.05, 0) is 25.1 Å². The molecular weight excluding hydrogens is 385 g/mol. The summed E-state index contributed by atoms with van der Waals surface area (Å²) in [5, 5.41) is 8.68. The Balaban J connectivity index is 1.63. The van der Waals surface area contributed by atoms with Gasteiger partial charge in [0, 0.05) is 13.1 Å². The van der Waals surface area contributed by atoms with Crippen molar-refractivity contribution in [1.82, 2.24) is 15.3 Å². The van der Waals surface area contributed by atoms with Gasteiger partial charge in [-0.15, -0.1) is 0 Å². The minimum atomic E-state index is -0.627. The van der Waals surface area contributed by atoms with Gasteiger partial charge in [0.05, 0.1) is 31.0 Å². The Morgan fingerprint density at radius 1 is 1.48 bits per heavy atom. The van der Waals surface area contributed by atoms with E-state index in [2.05, 4.69) is 10.4 Å². The van der Waals surface area contributed by atoms with Crippen LogP contribution < -0.4 is 21.0 Å². The van der Waals surface area contributed by atoms with Gasteiger partial charge in [0.15, 0.2) is 0 Å². The number of halogens is 1. The molecule has 1 atom stereocenters. The van der Waals surface area contributed by atoms with E-state index in [1.165, 1.54) is 28.4 Å². The molecule has 156 valence electrons. The van der Waals surface area contributed by atoms with E-state index < -0.39 is 24.0 Å². The molecule has 0 spiro atoms. The third-order valence-electron chi connectivity index (χ3n) is 4.54. The molecule has 1 aromatic rings. The van der Waals surface area contributed by atoms with Crippen LogP contribution in [0.4, 0.5) is 25.4 Å². The SMILES string of the molecule is CCN(N)C(=O)NC[C@H]1CN(c2ccc(N3C=NN(C=O)CC3)c(F)c2)C(=O)O1. The van der Waals surface area contributed by atoms with Crippen molar-refractivity contribution in [1.29, 1.82) is 0 Å². The molecular formula is C17H22FN7O4. The first-order chi connectivity index (χ1) is 13.9. The third-order valence-corrected chi connectivity index (χ3v) is 4.54. The van der Waals surface area contributed by atoms with Gasteiger partial charge in [-0.3, -0.25) is 14.7 Å². The topological polar surface area (TPSA) is 124 Å². The van der Waals surface area contributed by atoms with E-state index in [1.807, 2.05) is 0 Å². The van der Waals surface area contributed by atoms with Crippen molar-refractivity contribution in [2.75, 3.05) is 42.5 Å². The number of anilines is 2. The van der Waals surface area contributed by atoms with Gasteiger partial charge in [0.1, 0.15) is 18.3 Å². The van der Waals surface area contributed by atoms with Crippen LogP contribution in [0.2, 0.25) is 0 Å². The number of hydrogen-bond donors (Lipinski definition) is 2. The molecule has 0 bridgehead atoms. The highest BCUT2D eigenvalue weighted by molar-refractivity contribution is 5.90. The van der Waals surface area contributed by atoms with Crippen molar-refractivity contribution in [3.63, 3.8) is 0 Å². The molecule has 4 amide bonds. The predicted molar refractivity (Wildman–Crippen MR) is 103 cm³/mol. The minimum absolute atomic E-state index is 0.0901. The average molecular weight is 407 g/mol. The zero-order chi connectivity index (χ0) is 21.0. The van der Waals surface area contributed by atoms with Crippen molar-refractivity contribution >= 4 is 36.2 Å². The second-order valence-electron chi connectivity index (χ2n) is 6.42. The van der Waals surface area contributed by atoms with E-state index in [0.717, 1.165) is 5.01 Å². The molecule has 1 fully saturated rings. The molecule has 12 heteroatoms. The van der Waals surface area contributed by atoms with E-state index in [9.17, 15) is 18.8 Å². The number of ether oxygens (including phenoxy) is 1. The zero-order valence-corrected chi connectivity index (χ0v) is 15.8. The van der Waals surface area contributed by atoms with Crippen LogP contribution in [0.3, 0.4) is 0 Å². The van der Waals surface area contributed by atoms with Crippen LogP contribution in [-0.2, 0) is 9.53 Å². The molecule has 3 rings (SSSR count). The molecule has 2 aliphatic heterocycles. The molecule has 0 aromatic heterocycles. The van der Waals surface area contributed by atoms with Crippen LogP contribution in [0, 0.1) is 5.82 Å². The van der Waals surface area contributed by atoms with E-state index in [-0.39, 0.29) is 18.8 Å². The van der Waals surface area contributed by atoms with Crippen molar-refractivity contribution in [3.05, 3.63) is 24.0 Å². The molecule has 11 nitrogen and oxygen atoms in total. The first-order valence-electron chi connectivity index (χ1n) is 9.03. The maximum absolute atomic E-state index is 14.6. The number of benzene rings is 1. The number of amides is 4. The van der Waals surface area contributed by atoms with Gasteiger partial charge in [0.25, 0.3) is 0 Å². The molecule has 1 aromatic carbocycles. The number of urea groups is 1. The molecule has 29 heavy (non-hydrogen) atoms. The van der Waals surface area contributed by atoms with E-state index >= 15 is 0 Å². The number of hydrazine groups is 1. The fraction of sp³-hybridized carbons (Fsp3) is 0.412. The predicted octanol–water partition coefficient (Wildman–Crippen LogP) is 0.278. The summed E-state index contributed by atoms with van der Waals surface area (Å²) in [7, 11) is 0. The standard InChI is InChI=1S/C17H22FN7O4/c1-2-25(19)16(27)20-8-13-9-24(17(28)29-13)12-3-4-15(14(18)7-12)22-5-6-23(11-26)21-10-22/h3-4,7,10-11,13H,2,5-6,8-9,19H2,1H3,(H,20,27)/t13-/m0/s1. The summed E-state index contributed by atoms with van der Waals surface area (Å²) in [6.45, 7) is 3.04. The highest BCUT2D eigenvalue weighted by Gasteiger charge is 2.33. The van der Waals surface area contributed by atoms with Gasteiger partial charge < -0.3 is 15.0 Å². The Kier molecular flexibility index (Phi) is 6.12. The maximum Gasteiger partial charge on any atom is 0.414 e. The first-order valence-corrected chi connectivity index (χ1v) is 9.03.